The minimum absolute atomic E-state index is 0.00422. The second-order valence-corrected chi connectivity index (χ2v) is 6.85. The van der Waals surface area contributed by atoms with Crippen molar-refractivity contribution in [2.75, 3.05) is 5.32 Å². The van der Waals surface area contributed by atoms with Crippen molar-refractivity contribution in [3.05, 3.63) is 96.5 Å². The van der Waals surface area contributed by atoms with Crippen molar-refractivity contribution in [3.63, 3.8) is 0 Å². The molecule has 6 heteroatoms. The highest BCUT2D eigenvalue weighted by molar-refractivity contribution is 7.99. The molecule has 1 heterocycles. The fraction of sp³-hybridized carbons (Fsp3) is 0.0455. The Morgan fingerprint density at radius 3 is 2.54 bits per heavy atom. The number of rotatable bonds is 7. The molecule has 0 saturated carbocycles. The van der Waals surface area contributed by atoms with Gasteiger partial charge < -0.3 is 10.6 Å². The molecule has 0 saturated heterocycles. The van der Waals surface area contributed by atoms with E-state index in [2.05, 4.69) is 15.6 Å². The topological polar surface area (TPSA) is 77.8 Å². The number of carbonyl (C=O) groups excluding carboxylic acids is 1. The van der Waals surface area contributed by atoms with Gasteiger partial charge in [0.15, 0.2) is 0 Å². The normalized spacial score (nSPS) is 10.8. The number of amides is 1. The Bertz CT molecular complexity index is 998. The minimum Gasteiger partial charge on any atom is -0.384 e. The first-order valence-electron chi connectivity index (χ1n) is 8.63. The van der Waals surface area contributed by atoms with Crippen LogP contribution < -0.4 is 10.6 Å². The molecule has 0 bridgehead atoms. The average molecular weight is 386 g/mol. The molecular formula is C22H18N4OS. The van der Waals surface area contributed by atoms with Crippen LogP contribution in [-0.2, 0) is 11.3 Å². The van der Waals surface area contributed by atoms with Gasteiger partial charge in [0.05, 0.1) is 17.9 Å². The predicted octanol–water partition coefficient (Wildman–Crippen LogP) is 4.37. The van der Waals surface area contributed by atoms with E-state index in [1.54, 1.807) is 18.0 Å². The molecule has 0 aliphatic carbocycles. The minimum atomic E-state index is -0.461. The second-order valence-electron chi connectivity index (χ2n) is 5.74. The van der Waals surface area contributed by atoms with Crippen molar-refractivity contribution >= 4 is 23.4 Å². The highest BCUT2D eigenvalue weighted by Gasteiger charge is 2.12. The molecule has 3 aromatic rings. The maximum Gasteiger partial charge on any atom is 0.267 e. The summed E-state index contributed by atoms with van der Waals surface area (Å²) in [5.74, 6) is -0.461. The lowest BCUT2D eigenvalue weighted by atomic mass is 10.2. The molecule has 0 atom stereocenters. The van der Waals surface area contributed by atoms with E-state index >= 15 is 0 Å². The van der Waals surface area contributed by atoms with Crippen LogP contribution in [0.15, 0.2) is 101 Å². The van der Waals surface area contributed by atoms with Gasteiger partial charge in [-0.15, -0.1) is 0 Å². The largest absolute Gasteiger partial charge is 0.384 e. The fourth-order valence-corrected chi connectivity index (χ4v) is 3.30. The van der Waals surface area contributed by atoms with Crippen LogP contribution >= 0.6 is 11.8 Å². The molecule has 1 aromatic heterocycles. The van der Waals surface area contributed by atoms with Gasteiger partial charge in [-0.25, -0.2) is 0 Å². The maximum atomic E-state index is 12.5. The number of nitriles is 1. The number of para-hydroxylation sites is 1. The van der Waals surface area contributed by atoms with Crippen LogP contribution in [0.25, 0.3) is 0 Å². The van der Waals surface area contributed by atoms with Crippen molar-refractivity contribution in [2.24, 2.45) is 0 Å². The lowest BCUT2D eigenvalue weighted by molar-refractivity contribution is -0.112. The van der Waals surface area contributed by atoms with Gasteiger partial charge in [-0.3, -0.25) is 9.78 Å². The van der Waals surface area contributed by atoms with Gasteiger partial charge >= 0.3 is 0 Å². The molecule has 5 nitrogen and oxygen atoms in total. The molecule has 138 valence electrons. The van der Waals surface area contributed by atoms with Gasteiger partial charge in [0.1, 0.15) is 11.6 Å². The summed E-state index contributed by atoms with van der Waals surface area (Å²) < 4.78 is 0. The number of hydrogen-bond acceptors (Lipinski definition) is 5. The van der Waals surface area contributed by atoms with Crippen LogP contribution in [0.4, 0.5) is 5.69 Å². The van der Waals surface area contributed by atoms with E-state index in [1.807, 2.05) is 78.9 Å². The average Bonchev–Trinajstić information content (AvgIpc) is 2.74. The van der Waals surface area contributed by atoms with E-state index < -0.39 is 5.91 Å². The highest BCUT2D eigenvalue weighted by Crippen LogP contribution is 2.33. The van der Waals surface area contributed by atoms with E-state index in [4.69, 9.17) is 0 Å². The fourth-order valence-electron chi connectivity index (χ4n) is 2.37. The summed E-state index contributed by atoms with van der Waals surface area (Å²) >= 11 is 1.55. The maximum absolute atomic E-state index is 12.5. The molecule has 0 aliphatic heterocycles. The SMILES string of the molecule is N#C/C(=C/NCc1ccccn1)C(=O)Nc1ccccc1Sc1ccccc1. The molecule has 2 N–H and O–H groups in total. The van der Waals surface area contributed by atoms with Gasteiger partial charge in [-0.2, -0.15) is 5.26 Å². The van der Waals surface area contributed by atoms with Gasteiger partial charge in [0, 0.05) is 22.2 Å². The molecule has 1 amide bonds. The van der Waals surface area contributed by atoms with Gasteiger partial charge in [-0.05, 0) is 36.4 Å². The van der Waals surface area contributed by atoms with E-state index in [-0.39, 0.29) is 5.57 Å². The number of benzene rings is 2. The molecule has 0 radical (unpaired) electrons. The van der Waals surface area contributed by atoms with Crippen molar-refractivity contribution in [1.82, 2.24) is 10.3 Å². The first kappa shape index (κ1) is 19.2. The summed E-state index contributed by atoms with van der Waals surface area (Å²) in [6.45, 7) is 0.430. The lowest BCUT2D eigenvalue weighted by Gasteiger charge is -2.10. The standard InChI is InChI=1S/C22H18N4OS/c23-14-17(15-24-16-18-8-6-7-13-25-18)22(27)26-20-11-4-5-12-21(20)28-19-9-2-1-3-10-19/h1-13,15,24H,16H2,(H,26,27)/b17-15-. The van der Waals surface area contributed by atoms with E-state index in [9.17, 15) is 10.1 Å². The summed E-state index contributed by atoms with van der Waals surface area (Å²) in [6, 6.07) is 24.9. The quantitative estimate of drug-likeness (QED) is 0.466. The lowest BCUT2D eigenvalue weighted by Crippen LogP contribution is -2.17. The third-order valence-electron chi connectivity index (χ3n) is 3.73. The van der Waals surface area contributed by atoms with Crippen LogP contribution in [0.2, 0.25) is 0 Å². The number of aromatic nitrogens is 1. The summed E-state index contributed by atoms with van der Waals surface area (Å²) in [7, 11) is 0. The van der Waals surface area contributed by atoms with Gasteiger partial charge in [0.2, 0.25) is 0 Å². The van der Waals surface area contributed by atoms with E-state index in [0.29, 0.717) is 12.2 Å². The zero-order valence-electron chi connectivity index (χ0n) is 15.0. The third-order valence-corrected chi connectivity index (χ3v) is 4.81. The molecule has 2 aromatic carbocycles. The number of hydrogen-bond donors (Lipinski definition) is 2. The van der Waals surface area contributed by atoms with Crippen molar-refractivity contribution in [1.29, 1.82) is 5.26 Å². The summed E-state index contributed by atoms with van der Waals surface area (Å²) in [5.41, 5.74) is 1.48. The third kappa shape index (κ3) is 5.47. The molecule has 28 heavy (non-hydrogen) atoms. The van der Waals surface area contributed by atoms with Crippen LogP contribution in [0.1, 0.15) is 5.69 Å². The van der Waals surface area contributed by atoms with Gasteiger partial charge in [0.25, 0.3) is 5.91 Å². The number of anilines is 1. The van der Waals surface area contributed by atoms with Crippen LogP contribution in [0, 0.1) is 11.3 Å². The summed E-state index contributed by atoms with van der Waals surface area (Å²) in [5, 5.41) is 15.1. The van der Waals surface area contributed by atoms with Crippen molar-refractivity contribution in [3.8, 4) is 6.07 Å². The highest BCUT2D eigenvalue weighted by atomic mass is 32.2. The Morgan fingerprint density at radius 2 is 1.79 bits per heavy atom. The zero-order chi connectivity index (χ0) is 19.6. The Balaban J connectivity index is 1.67. The molecule has 0 aliphatic rings. The van der Waals surface area contributed by atoms with Crippen molar-refractivity contribution in [2.45, 2.75) is 16.3 Å². The molecule has 0 unspecified atom stereocenters. The van der Waals surface area contributed by atoms with E-state index in [1.165, 1.54) is 6.20 Å². The summed E-state index contributed by atoms with van der Waals surface area (Å²) in [4.78, 5) is 18.7. The van der Waals surface area contributed by atoms with Gasteiger partial charge in [-0.1, -0.05) is 48.2 Å². The van der Waals surface area contributed by atoms with Crippen LogP contribution in [0.3, 0.4) is 0 Å². The van der Waals surface area contributed by atoms with Crippen LogP contribution in [-0.4, -0.2) is 10.9 Å². The second kappa shape index (κ2) is 9.95. The zero-order valence-corrected chi connectivity index (χ0v) is 15.8. The predicted molar refractivity (Wildman–Crippen MR) is 110 cm³/mol. The van der Waals surface area contributed by atoms with Crippen molar-refractivity contribution < 1.29 is 4.79 Å². The monoisotopic (exact) mass is 386 g/mol. The number of nitrogens with one attached hydrogen (secondary N) is 2. The smallest absolute Gasteiger partial charge is 0.267 e. The Hall–Kier alpha value is -3.56. The summed E-state index contributed by atoms with van der Waals surface area (Å²) in [6.07, 6.45) is 3.11. The first-order chi connectivity index (χ1) is 13.8. The van der Waals surface area contributed by atoms with Crippen LogP contribution in [0.5, 0.6) is 0 Å². The number of nitrogens with zero attached hydrogens (tertiary/aromatic N) is 2. The Kier molecular flexibility index (Phi) is 6.83. The molecule has 3 rings (SSSR count). The Labute approximate surface area is 168 Å². The molecular weight excluding hydrogens is 368 g/mol. The molecule has 0 spiro atoms. The number of carbonyl (C=O) groups is 1. The first-order valence-corrected chi connectivity index (χ1v) is 9.45. The molecule has 0 fully saturated rings. The Morgan fingerprint density at radius 1 is 1.04 bits per heavy atom. The van der Waals surface area contributed by atoms with E-state index in [0.717, 1.165) is 15.5 Å². The number of pyridine rings is 1.